The van der Waals surface area contributed by atoms with Gasteiger partial charge < -0.3 is 9.64 Å². The van der Waals surface area contributed by atoms with Crippen LogP contribution in [-0.4, -0.2) is 58.2 Å². The summed E-state index contributed by atoms with van der Waals surface area (Å²) in [7, 11) is 0. The lowest BCUT2D eigenvalue weighted by atomic mass is 9.90. The van der Waals surface area contributed by atoms with Gasteiger partial charge in [0.25, 0.3) is 0 Å². The molecule has 1 atom stereocenters. The Morgan fingerprint density at radius 3 is 2.84 bits per heavy atom. The molecule has 0 unspecified atom stereocenters. The molecule has 132 valence electrons. The molecule has 2 aromatic rings. The highest BCUT2D eigenvalue weighted by molar-refractivity contribution is 5.31. The summed E-state index contributed by atoms with van der Waals surface area (Å²) in [5.41, 5.74) is 1.00. The van der Waals surface area contributed by atoms with Crippen molar-refractivity contribution < 1.29 is 9.13 Å². The van der Waals surface area contributed by atoms with E-state index in [1.807, 2.05) is 12.3 Å². The number of hydrogen-bond donors (Lipinski definition) is 0. The van der Waals surface area contributed by atoms with Gasteiger partial charge in [0.05, 0.1) is 31.1 Å². The summed E-state index contributed by atoms with van der Waals surface area (Å²) in [5.74, 6) is 0.167. The van der Waals surface area contributed by atoms with Crippen molar-refractivity contribution in [2.45, 2.75) is 25.0 Å². The molecule has 2 aromatic heterocycles. The molecule has 7 heteroatoms. The largest absolute Gasteiger partial charge is 0.370 e. The molecule has 0 bridgehead atoms. The predicted octanol–water partition coefficient (Wildman–Crippen LogP) is 1.88. The predicted molar refractivity (Wildman–Crippen MR) is 91.6 cm³/mol. The minimum atomic E-state index is -0.410. The summed E-state index contributed by atoms with van der Waals surface area (Å²) >= 11 is 0. The number of anilines is 1. The van der Waals surface area contributed by atoms with Gasteiger partial charge in [-0.05, 0) is 24.5 Å². The molecule has 4 heterocycles. The second kappa shape index (κ2) is 7.01. The Morgan fingerprint density at radius 2 is 2.04 bits per heavy atom. The first-order valence-electron chi connectivity index (χ1n) is 8.70. The maximum absolute atomic E-state index is 13.1. The van der Waals surface area contributed by atoms with Crippen LogP contribution in [0.15, 0.2) is 36.9 Å². The normalized spacial score (nSPS) is 24.6. The van der Waals surface area contributed by atoms with E-state index in [0.29, 0.717) is 5.95 Å². The molecule has 6 nitrogen and oxygen atoms in total. The van der Waals surface area contributed by atoms with Crippen LogP contribution in [0.3, 0.4) is 0 Å². The number of piperidine rings is 1. The second-order valence-corrected chi connectivity index (χ2v) is 6.83. The first kappa shape index (κ1) is 16.4. The number of aromatic nitrogens is 3. The summed E-state index contributed by atoms with van der Waals surface area (Å²) in [5, 5.41) is 0. The van der Waals surface area contributed by atoms with Crippen molar-refractivity contribution in [3.8, 4) is 0 Å². The van der Waals surface area contributed by atoms with Crippen LogP contribution in [0.1, 0.15) is 18.4 Å². The molecular formula is C18H22FN5O. The average molecular weight is 343 g/mol. The molecule has 2 aliphatic heterocycles. The fraction of sp³-hybridized carbons (Fsp3) is 0.500. The number of hydrogen-bond acceptors (Lipinski definition) is 6. The lowest BCUT2D eigenvalue weighted by Gasteiger charge is -2.48. The maximum atomic E-state index is 13.1. The summed E-state index contributed by atoms with van der Waals surface area (Å²) in [4.78, 5) is 17.0. The summed E-state index contributed by atoms with van der Waals surface area (Å²) in [6, 6.07) is 4.08. The van der Waals surface area contributed by atoms with Crippen LogP contribution in [0.5, 0.6) is 0 Å². The number of morpholine rings is 1. The Hall–Kier alpha value is -2.12. The maximum Gasteiger partial charge on any atom is 0.225 e. The number of rotatable bonds is 3. The zero-order chi connectivity index (χ0) is 17.1. The molecule has 0 aromatic carbocycles. The van der Waals surface area contributed by atoms with Gasteiger partial charge in [-0.15, -0.1) is 0 Å². The van der Waals surface area contributed by atoms with E-state index in [-0.39, 0.29) is 5.60 Å². The van der Waals surface area contributed by atoms with E-state index in [4.69, 9.17) is 4.74 Å². The van der Waals surface area contributed by atoms with Crippen LogP contribution in [0.4, 0.5) is 10.3 Å². The van der Waals surface area contributed by atoms with Gasteiger partial charge in [-0.1, -0.05) is 6.07 Å². The van der Waals surface area contributed by atoms with Gasteiger partial charge in [0.2, 0.25) is 5.95 Å². The molecule has 4 rings (SSSR count). The number of nitrogens with zero attached hydrogens (tertiary/aromatic N) is 5. The smallest absolute Gasteiger partial charge is 0.225 e. The third-order valence-corrected chi connectivity index (χ3v) is 4.89. The number of pyridine rings is 1. The Kier molecular flexibility index (Phi) is 4.59. The van der Waals surface area contributed by atoms with Crippen LogP contribution >= 0.6 is 0 Å². The van der Waals surface area contributed by atoms with Crippen molar-refractivity contribution >= 4 is 5.95 Å². The molecule has 2 fully saturated rings. The Balaban J connectivity index is 1.45. The molecule has 1 spiro atoms. The fourth-order valence-electron chi connectivity index (χ4n) is 3.79. The number of ether oxygens (including phenoxy) is 1. The van der Waals surface area contributed by atoms with Crippen molar-refractivity contribution in [3.63, 3.8) is 0 Å². The zero-order valence-corrected chi connectivity index (χ0v) is 14.1. The Bertz CT molecular complexity index is 694. The van der Waals surface area contributed by atoms with Gasteiger partial charge >= 0.3 is 0 Å². The Labute approximate surface area is 146 Å². The van der Waals surface area contributed by atoms with Gasteiger partial charge in [-0.2, -0.15) is 0 Å². The van der Waals surface area contributed by atoms with Gasteiger partial charge in [-0.3, -0.25) is 9.88 Å². The topological polar surface area (TPSA) is 54.4 Å². The molecule has 0 radical (unpaired) electrons. The highest BCUT2D eigenvalue weighted by atomic mass is 19.1. The van der Waals surface area contributed by atoms with Crippen LogP contribution < -0.4 is 4.90 Å². The van der Waals surface area contributed by atoms with Gasteiger partial charge in [-0.25, -0.2) is 14.4 Å². The van der Waals surface area contributed by atoms with Crippen molar-refractivity contribution in [2.24, 2.45) is 0 Å². The highest BCUT2D eigenvalue weighted by Crippen LogP contribution is 2.31. The average Bonchev–Trinajstić information content (AvgIpc) is 2.63. The minimum Gasteiger partial charge on any atom is -0.370 e. The molecule has 25 heavy (non-hydrogen) atoms. The van der Waals surface area contributed by atoms with E-state index < -0.39 is 5.82 Å². The molecule has 0 N–H and O–H groups in total. The third kappa shape index (κ3) is 3.77. The SMILES string of the molecule is Fc1cnc(N2CCC[C@]3(CN(Cc4cccnc4)CCO3)C2)nc1. The first-order valence-corrected chi connectivity index (χ1v) is 8.70. The van der Waals surface area contributed by atoms with Crippen molar-refractivity contribution in [3.05, 3.63) is 48.3 Å². The van der Waals surface area contributed by atoms with E-state index in [9.17, 15) is 4.39 Å². The van der Waals surface area contributed by atoms with Crippen molar-refractivity contribution in [2.75, 3.05) is 37.7 Å². The van der Waals surface area contributed by atoms with Gasteiger partial charge in [0, 0.05) is 38.6 Å². The first-order chi connectivity index (χ1) is 12.2. The summed E-state index contributed by atoms with van der Waals surface area (Å²) in [6.45, 7) is 5.01. The summed E-state index contributed by atoms with van der Waals surface area (Å²) < 4.78 is 19.3. The fourth-order valence-corrected chi connectivity index (χ4v) is 3.79. The van der Waals surface area contributed by atoms with Crippen LogP contribution in [0, 0.1) is 5.82 Å². The second-order valence-electron chi connectivity index (χ2n) is 6.83. The van der Waals surface area contributed by atoms with Crippen LogP contribution in [0.25, 0.3) is 0 Å². The molecule has 0 aliphatic carbocycles. The molecule has 0 amide bonds. The molecule has 2 saturated heterocycles. The van der Waals surface area contributed by atoms with E-state index in [1.165, 1.54) is 18.0 Å². The van der Waals surface area contributed by atoms with Gasteiger partial charge in [0.1, 0.15) is 0 Å². The van der Waals surface area contributed by atoms with E-state index in [2.05, 4.69) is 30.8 Å². The lowest BCUT2D eigenvalue weighted by molar-refractivity contribution is -0.116. The summed E-state index contributed by atoms with van der Waals surface area (Å²) in [6.07, 6.45) is 8.20. The zero-order valence-electron chi connectivity index (χ0n) is 14.1. The third-order valence-electron chi connectivity index (χ3n) is 4.89. The standard InChI is InChI=1S/C18H22FN5O/c19-16-10-21-17(22-11-16)24-6-2-4-18(14-24)13-23(7-8-25-18)12-15-3-1-5-20-9-15/h1,3,5,9-11H,2,4,6-8,12-14H2/t18-/m0/s1. The van der Waals surface area contributed by atoms with Crippen molar-refractivity contribution in [1.29, 1.82) is 0 Å². The minimum absolute atomic E-state index is 0.212. The van der Waals surface area contributed by atoms with E-state index in [1.54, 1.807) is 6.20 Å². The molecule has 2 aliphatic rings. The van der Waals surface area contributed by atoms with Crippen molar-refractivity contribution in [1.82, 2.24) is 19.9 Å². The van der Waals surface area contributed by atoms with Crippen LogP contribution in [0.2, 0.25) is 0 Å². The quantitative estimate of drug-likeness (QED) is 0.848. The van der Waals surface area contributed by atoms with Gasteiger partial charge in [0.15, 0.2) is 5.82 Å². The van der Waals surface area contributed by atoms with E-state index >= 15 is 0 Å². The highest BCUT2D eigenvalue weighted by Gasteiger charge is 2.41. The molecular weight excluding hydrogens is 321 g/mol. The van der Waals surface area contributed by atoms with E-state index in [0.717, 1.165) is 52.2 Å². The molecule has 0 saturated carbocycles. The van der Waals surface area contributed by atoms with Crippen LogP contribution in [-0.2, 0) is 11.3 Å². The monoisotopic (exact) mass is 343 g/mol. The lowest BCUT2D eigenvalue weighted by Crippen LogP contribution is -2.59. The Morgan fingerprint density at radius 1 is 1.16 bits per heavy atom. The number of halogens is 1.